The van der Waals surface area contributed by atoms with E-state index in [9.17, 15) is 14.4 Å². The maximum atomic E-state index is 12.8. The monoisotopic (exact) mass is 863 g/mol. The van der Waals surface area contributed by atoms with Crippen molar-refractivity contribution in [3.8, 4) is 0 Å². The van der Waals surface area contributed by atoms with E-state index in [1.807, 2.05) is 0 Å². The zero-order valence-electron chi connectivity index (χ0n) is 41.8. The SMILES string of the molecule is CCCCCCCCCCCC(=O)OC[C@@H](COC(=O)CCCCCCCCCCCCCCCCC(C)C)OC(=O)CCCCCCCCCCCCCCCCC(C)C. The summed E-state index contributed by atoms with van der Waals surface area (Å²) < 4.78 is 16.8. The molecule has 0 spiro atoms. The third kappa shape index (κ3) is 49.3. The van der Waals surface area contributed by atoms with Crippen LogP contribution in [-0.4, -0.2) is 37.2 Å². The molecule has 0 aromatic rings. The van der Waals surface area contributed by atoms with Gasteiger partial charge in [-0.2, -0.15) is 0 Å². The van der Waals surface area contributed by atoms with Crippen molar-refractivity contribution in [2.75, 3.05) is 13.2 Å². The Bertz CT molecular complexity index is 931. The van der Waals surface area contributed by atoms with Gasteiger partial charge in [0.05, 0.1) is 0 Å². The first-order valence-electron chi connectivity index (χ1n) is 27.2. The molecular formula is C55H106O6. The van der Waals surface area contributed by atoms with Crippen LogP contribution in [0.1, 0.15) is 304 Å². The summed E-state index contributed by atoms with van der Waals surface area (Å²) in [6.45, 7) is 11.4. The molecule has 0 saturated heterocycles. The molecule has 0 unspecified atom stereocenters. The highest BCUT2D eigenvalue weighted by Crippen LogP contribution is 2.18. The molecule has 0 saturated carbocycles. The number of hydrogen-bond acceptors (Lipinski definition) is 6. The molecule has 362 valence electrons. The molecule has 0 N–H and O–H groups in total. The van der Waals surface area contributed by atoms with Gasteiger partial charge < -0.3 is 14.2 Å². The molecule has 0 aromatic carbocycles. The summed E-state index contributed by atoms with van der Waals surface area (Å²) in [5.74, 6) is 0.842. The molecule has 0 radical (unpaired) electrons. The number of ether oxygens (including phenoxy) is 3. The van der Waals surface area contributed by atoms with Crippen LogP contribution in [0.5, 0.6) is 0 Å². The Morgan fingerprint density at radius 3 is 0.803 bits per heavy atom. The minimum absolute atomic E-state index is 0.0632. The molecule has 0 amide bonds. The highest BCUT2D eigenvalue weighted by molar-refractivity contribution is 5.71. The Morgan fingerprint density at radius 2 is 0.541 bits per heavy atom. The summed E-state index contributed by atoms with van der Waals surface area (Å²) in [7, 11) is 0. The van der Waals surface area contributed by atoms with Crippen LogP contribution in [-0.2, 0) is 28.6 Å². The lowest BCUT2D eigenvalue weighted by molar-refractivity contribution is -0.167. The average Bonchev–Trinajstić information content (AvgIpc) is 3.23. The maximum absolute atomic E-state index is 12.8. The fourth-order valence-corrected chi connectivity index (χ4v) is 8.34. The van der Waals surface area contributed by atoms with Crippen LogP contribution in [0.3, 0.4) is 0 Å². The minimum Gasteiger partial charge on any atom is -0.462 e. The van der Waals surface area contributed by atoms with Gasteiger partial charge in [-0.15, -0.1) is 0 Å². The lowest BCUT2D eigenvalue weighted by atomic mass is 10.0. The van der Waals surface area contributed by atoms with Gasteiger partial charge in [0.1, 0.15) is 13.2 Å². The first kappa shape index (κ1) is 59.4. The summed E-state index contributed by atoms with van der Waals surface area (Å²) in [6, 6.07) is 0. The van der Waals surface area contributed by atoms with E-state index < -0.39 is 6.10 Å². The molecule has 0 aliphatic rings. The van der Waals surface area contributed by atoms with Gasteiger partial charge in [0.15, 0.2) is 6.10 Å². The molecule has 0 aliphatic heterocycles. The zero-order chi connectivity index (χ0) is 44.7. The van der Waals surface area contributed by atoms with E-state index in [2.05, 4.69) is 34.6 Å². The Kier molecular flexibility index (Phi) is 46.6. The maximum Gasteiger partial charge on any atom is 0.306 e. The Balaban J connectivity index is 4.24. The molecule has 61 heavy (non-hydrogen) atoms. The molecule has 6 nitrogen and oxygen atoms in total. The first-order chi connectivity index (χ1) is 29.7. The number of unbranched alkanes of at least 4 members (excludes halogenated alkanes) is 34. The summed E-state index contributed by atoms with van der Waals surface area (Å²) in [5.41, 5.74) is 0. The summed E-state index contributed by atoms with van der Waals surface area (Å²) >= 11 is 0. The summed E-state index contributed by atoms with van der Waals surface area (Å²) in [6.07, 6.45) is 49.5. The normalized spacial score (nSPS) is 12.0. The second-order valence-corrected chi connectivity index (χ2v) is 19.8. The van der Waals surface area contributed by atoms with Crippen LogP contribution in [0.25, 0.3) is 0 Å². The summed E-state index contributed by atoms with van der Waals surface area (Å²) in [5, 5.41) is 0. The van der Waals surface area contributed by atoms with Crippen molar-refractivity contribution in [2.24, 2.45) is 11.8 Å². The van der Waals surface area contributed by atoms with Crippen molar-refractivity contribution in [2.45, 2.75) is 310 Å². The van der Waals surface area contributed by atoms with Crippen molar-refractivity contribution in [1.82, 2.24) is 0 Å². The van der Waals surface area contributed by atoms with Crippen molar-refractivity contribution < 1.29 is 28.6 Å². The quantitative estimate of drug-likeness (QED) is 0.0344. The van der Waals surface area contributed by atoms with E-state index >= 15 is 0 Å². The standard InChI is InChI=1S/C55H106O6/c1-6-7-8-9-10-23-30-35-40-45-53(56)59-48-52(61-55(58)47-42-37-32-27-22-18-14-12-16-20-25-29-34-39-44-51(4)5)49-60-54(57)46-41-36-31-26-21-17-13-11-15-19-24-28-33-38-43-50(2)3/h50-52H,6-49H2,1-5H3/t52-/m0/s1. The van der Waals surface area contributed by atoms with Crippen molar-refractivity contribution in [1.29, 1.82) is 0 Å². The van der Waals surface area contributed by atoms with Crippen molar-refractivity contribution in [3.63, 3.8) is 0 Å². The first-order valence-corrected chi connectivity index (χ1v) is 27.2. The molecular weight excluding hydrogens is 757 g/mol. The summed E-state index contributed by atoms with van der Waals surface area (Å²) in [4.78, 5) is 37.9. The van der Waals surface area contributed by atoms with E-state index in [1.165, 1.54) is 193 Å². The number of carbonyl (C=O) groups excluding carboxylic acids is 3. The van der Waals surface area contributed by atoms with Gasteiger partial charge in [-0.05, 0) is 31.1 Å². The molecule has 0 aliphatic carbocycles. The molecule has 6 heteroatoms. The van der Waals surface area contributed by atoms with Crippen LogP contribution in [0.4, 0.5) is 0 Å². The van der Waals surface area contributed by atoms with Crippen molar-refractivity contribution in [3.05, 3.63) is 0 Å². The third-order valence-electron chi connectivity index (χ3n) is 12.5. The molecule has 0 aromatic heterocycles. The second-order valence-electron chi connectivity index (χ2n) is 19.8. The smallest absolute Gasteiger partial charge is 0.306 e. The zero-order valence-corrected chi connectivity index (χ0v) is 41.8. The Hall–Kier alpha value is -1.59. The average molecular weight is 863 g/mol. The van der Waals surface area contributed by atoms with Gasteiger partial charge in [-0.25, -0.2) is 0 Å². The van der Waals surface area contributed by atoms with E-state index in [0.29, 0.717) is 19.3 Å². The van der Waals surface area contributed by atoms with Crippen LogP contribution in [0, 0.1) is 11.8 Å². The van der Waals surface area contributed by atoms with Crippen LogP contribution < -0.4 is 0 Å². The molecule has 0 fully saturated rings. The van der Waals surface area contributed by atoms with Gasteiger partial charge in [0.2, 0.25) is 0 Å². The minimum atomic E-state index is -0.761. The van der Waals surface area contributed by atoms with Gasteiger partial charge >= 0.3 is 17.9 Å². The molecule has 0 rings (SSSR count). The number of esters is 3. The molecule has 1 atom stereocenters. The molecule has 0 bridgehead atoms. The van der Waals surface area contributed by atoms with E-state index in [4.69, 9.17) is 14.2 Å². The lowest BCUT2D eigenvalue weighted by Gasteiger charge is -2.18. The molecule has 0 heterocycles. The number of carbonyl (C=O) groups is 3. The predicted octanol–water partition coefficient (Wildman–Crippen LogP) is 17.7. The fraction of sp³-hybridized carbons (Fsp3) is 0.945. The van der Waals surface area contributed by atoms with E-state index in [0.717, 1.165) is 69.6 Å². The number of rotatable bonds is 49. The lowest BCUT2D eigenvalue weighted by Crippen LogP contribution is -2.30. The van der Waals surface area contributed by atoms with Gasteiger partial charge in [-0.3, -0.25) is 14.4 Å². The van der Waals surface area contributed by atoms with Gasteiger partial charge in [0, 0.05) is 19.3 Å². The van der Waals surface area contributed by atoms with Gasteiger partial charge in [-0.1, -0.05) is 266 Å². The van der Waals surface area contributed by atoms with E-state index in [1.54, 1.807) is 0 Å². The largest absolute Gasteiger partial charge is 0.462 e. The van der Waals surface area contributed by atoms with Gasteiger partial charge in [0.25, 0.3) is 0 Å². The van der Waals surface area contributed by atoms with Crippen LogP contribution in [0.15, 0.2) is 0 Å². The fourth-order valence-electron chi connectivity index (χ4n) is 8.34. The van der Waals surface area contributed by atoms with E-state index in [-0.39, 0.29) is 31.1 Å². The Morgan fingerprint density at radius 1 is 0.311 bits per heavy atom. The van der Waals surface area contributed by atoms with Crippen LogP contribution in [0.2, 0.25) is 0 Å². The highest BCUT2D eigenvalue weighted by atomic mass is 16.6. The Labute approximate surface area is 380 Å². The highest BCUT2D eigenvalue weighted by Gasteiger charge is 2.19. The topological polar surface area (TPSA) is 78.9 Å². The second kappa shape index (κ2) is 47.9. The predicted molar refractivity (Wildman–Crippen MR) is 261 cm³/mol. The number of hydrogen-bond donors (Lipinski definition) is 0. The third-order valence-corrected chi connectivity index (χ3v) is 12.5. The van der Waals surface area contributed by atoms with Crippen molar-refractivity contribution >= 4 is 17.9 Å². The van der Waals surface area contributed by atoms with Crippen LogP contribution >= 0.6 is 0 Å².